The predicted molar refractivity (Wildman–Crippen MR) is 85.9 cm³/mol. The summed E-state index contributed by atoms with van der Waals surface area (Å²) in [6.45, 7) is 0. The Labute approximate surface area is 126 Å². The summed E-state index contributed by atoms with van der Waals surface area (Å²) in [4.78, 5) is 4.30. The van der Waals surface area contributed by atoms with Crippen LogP contribution in [0.4, 0.5) is 17.1 Å². The molecule has 1 aromatic heterocycles. The molecule has 0 aliphatic carbocycles. The van der Waals surface area contributed by atoms with E-state index in [4.69, 9.17) is 28.9 Å². The van der Waals surface area contributed by atoms with E-state index in [9.17, 15) is 0 Å². The number of benzene rings is 2. The molecule has 0 amide bonds. The lowest BCUT2D eigenvalue weighted by Crippen LogP contribution is -1.95. The van der Waals surface area contributed by atoms with Crippen LogP contribution in [0.25, 0.3) is 10.9 Å². The number of rotatable bonds is 2. The Morgan fingerprint density at radius 1 is 1.00 bits per heavy atom. The fourth-order valence-electron chi connectivity index (χ4n) is 2.03. The highest BCUT2D eigenvalue weighted by atomic mass is 35.5. The average Bonchev–Trinajstić information content (AvgIpc) is 2.42. The van der Waals surface area contributed by atoms with Crippen LogP contribution in [0.3, 0.4) is 0 Å². The number of pyridine rings is 1. The first-order valence-corrected chi connectivity index (χ1v) is 6.76. The van der Waals surface area contributed by atoms with E-state index in [0.29, 0.717) is 21.4 Å². The largest absolute Gasteiger partial charge is 0.399 e. The van der Waals surface area contributed by atoms with Crippen LogP contribution in [0, 0.1) is 0 Å². The minimum Gasteiger partial charge on any atom is -0.399 e. The van der Waals surface area contributed by atoms with E-state index in [1.807, 2.05) is 24.3 Å². The minimum absolute atomic E-state index is 0.568. The Bertz CT molecular complexity index is 767. The van der Waals surface area contributed by atoms with E-state index in [-0.39, 0.29) is 0 Å². The Morgan fingerprint density at radius 3 is 2.50 bits per heavy atom. The standard InChI is InChI=1S/C15H11Cl2N3/c16-11-2-1-3-12(17)15(11)20-13-6-7-19-14-8-9(18)4-5-10(13)14/h1-8H,18H2,(H,19,20). The number of nitrogens with zero attached hydrogens (tertiary/aromatic N) is 1. The van der Waals surface area contributed by atoms with Crippen molar-refractivity contribution in [3.63, 3.8) is 0 Å². The molecule has 0 saturated heterocycles. The summed E-state index contributed by atoms with van der Waals surface area (Å²) in [6, 6.07) is 12.8. The van der Waals surface area contributed by atoms with Gasteiger partial charge in [-0.15, -0.1) is 0 Å². The summed E-state index contributed by atoms with van der Waals surface area (Å²) in [5.74, 6) is 0. The molecule has 0 fully saturated rings. The predicted octanol–water partition coefficient (Wildman–Crippen LogP) is 4.87. The molecule has 0 spiro atoms. The van der Waals surface area contributed by atoms with Gasteiger partial charge in [0.2, 0.25) is 0 Å². The number of fused-ring (bicyclic) bond motifs is 1. The molecule has 5 heteroatoms. The molecule has 0 aliphatic rings. The molecule has 0 bridgehead atoms. The first-order valence-electron chi connectivity index (χ1n) is 6.00. The fourth-order valence-corrected chi connectivity index (χ4v) is 2.52. The molecule has 0 atom stereocenters. The maximum atomic E-state index is 6.17. The van der Waals surface area contributed by atoms with Crippen molar-refractivity contribution in [3.05, 3.63) is 58.7 Å². The van der Waals surface area contributed by atoms with Crippen molar-refractivity contribution in [1.29, 1.82) is 0 Å². The number of anilines is 3. The van der Waals surface area contributed by atoms with Crippen LogP contribution in [-0.4, -0.2) is 4.98 Å². The maximum Gasteiger partial charge on any atom is 0.0763 e. The number of hydrogen-bond acceptors (Lipinski definition) is 3. The van der Waals surface area contributed by atoms with Crippen LogP contribution < -0.4 is 11.1 Å². The Kier molecular flexibility index (Phi) is 3.38. The SMILES string of the molecule is Nc1ccc2c(Nc3c(Cl)cccc3Cl)ccnc2c1. The smallest absolute Gasteiger partial charge is 0.0763 e. The van der Waals surface area contributed by atoms with Gasteiger partial charge in [-0.1, -0.05) is 29.3 Å². The van der Waals surface area contributed by atoms with E-state index in [2.05, 4.69) is 10.3 Å². The summed E-state index contributed by atoms with van der Waals surface area (Å²) in [7, 11) is 0. The van der Waals surface area contributed by atoms with Crippen LogP contribution in [-0.2, 0) is 0 Å². The number of nitrogen functional groups attached to an aromatic ring is 1. The van der Waals surface area contributed by atoms with Gasteiger partial charge in [0.15, 0.2) is 0 Å². The van der Waals surface area contributed by atoms with Crippen LogP contribution in [0.15, 0.2) is 48.7 Å². The van der Waals surface area contributed by atoms with Crippen LogP contribution in [0.1, 0.15) is 0 Å². The second kappa shape index (κ2) is 5.19. The van der Waals surface area contributed by atoms with Crippen molar-refractivity contribution in [2.45, 2.75) is 0 Å². The average molecular weight is 304 g/mol. The van der Waals surface area contributed by atoms with Crippen molar-refractivity contribution < 1.29 is 0 Å². The lowest BCUT2D eigenvalue weighted by atomic mass is 10.1. The zero-order chi connectivity index (χ0) is 14.1. The molecule has 3 N–H and O–H groups in total. The summed E-state index contributed by atoms with van der Waals surface area (Å²) in [6.07, 6.45) is 1.72. The first kappa shape index (κ1) is 13.0. The second-order valence-electron chi connectivity index (χ2n) is 4.36. The molecule has 0 saturated carbocycles. The topological polar surface area (TPSA) is 50.9 Å². The first-order chi connectivity index (χ1) is 9.65. The van der Waals surface area contributed by atoms with Crippen molar-refractivity contribution in [2.75, 3.05) is 11.1 Å². The zero-order valence-electron chi connectivity index (χ0n) is 10.4. The quantitative estimate of drug-likeness (QED) is 0.664. The Hall–Kier alpha value is -1.97. The molecule has 20 heavy (non-hydrogen) atoms. The second-order valence-corrected chi connectivity index (χ2v) is 5.17. The van der Waals surface area contributed by atoms with E-state index < -0.39 is 0 Å². The monoisotopic (exact) mass is 303 g/mol. The fraction of sp³-hybridized carbons (Fsp3) is 0. The number of nitrogens with two attached hydrogens (primary N) is 1. The van der Waals surface area contributed by atoms with Gasteiger partial charge in [-0.05, 0) is 36.4 Å². The van der Waals surface area contributed by atoms with Gasteiger partial charge >= 0.3 is 0 Å². The molecule has 0 unspecified atom stereocenters. The highest BCUT2D eigenvalue weighted by Gasteiger charge is 2.08. The Morgan fingerprint density at radius 2 is 1.75 bits per heavy atom. The van der Waals surface area contributed by atoms with Gasteiger partial charge in [-0.3, -0.25) is 4.98 Å². The van der Waals surface area contributed by atoms with Gasteiger partial charge in [0.05, 0.1) is 21.2 Å². The summed E-state index contributed by atoms with van der Waals surface area (Å²) < 4.78 is 0. The molecule has 3 nitrogen and oxygen atoms in total. The van der Waals surface area contributed by atoms with Crippen LogP contribution >= 0.6 is 23.2 Å². The molecule has 2 aromatic carbocycles. The molecule has 3 aromatic rings. The van der Waals surface area contributed by atoms with E-state index >= 15 is 0 Å². The summed E-state index contributed by atoms with van der Waals surface area (Å²) >= 11 is 12.3. The number of nitrogens with one attached hydrogen (secondary N) is 1. The van der Waals surface area contributed by atoms with Gasteiger partial charge < -0.3 is 11.1 Å². The lowest BCUT2D eigenvalue weighted by molar-refractivity contribution is 1.40. The molecule has 3 rings (SSSR count). The van der Waals surface area contributed by atoms with Gasteiger partial charge in [-0.25, -0.2) is 0 Å². The van der Waals surface area contributed by atoms with Gasteiger partial charge in [-0.2, -0.15) is 0 Å². The maximum absolute atomic E-state index is 6.17. The van der Waals surface area contributed by atoms with E-state index in [1.54, 1.807) is 24.4 Å². The highest BCUT2D eigenvalue weighted by molar-refractivity contribution is 6.39. The number of hydrogen-bond donors (Lipinski definition) is 2. The van der Waals surface area contributed by atoms with Crippen LogP contribution in [0.5, 0.6) is 0 Å². The van der Waals surface area contributed by atoms with Gasteiger partial charge in [0, 0.05) is 23.0 Å². The highest BCUT2D eigenvalue weighted by Crippen LogP contribution is 2.34. The third-order valence-electron chi connectivity index (χ3n) is 2.99. The molecular formula is C15H11Cl2N3. The van der Waals surface area contributed by atoms with Crippen LogP contribution in [0.2, 0.25) is 10.0 Å². The van der Waals surface area contributed by atoms with E-state index in [1.165, 1.54) is 0 Å². The Balaban J connectivity index is 2.11. The van der Waals surface area contributed by atoms with E-state index in [0.717, 1.165) is 16.6 Å². The van der Waals surface area contributed by atoms with Crippen molar-refractivity contribution in [3.8, 4) is 0 Å². The van der Waals surface area contributed by atoms with Gasteiger partial charge in [0.1, 0.15) is 0 Å². The minimum atomic E-state index is 0.568. The van der Waals surface area contributed by atoms with Crippen molar-refractivity contribution in [1.82, 2.24) is 4.98 Å². The molecule has 0 radical (unpaired) electrons. The number of aromatic nitrogens is 1. The lowest BCUT2D eigenvalue weighted by Gasteiger charge is -2.12. The number of halogens is 2. The van der Waals surface area contributed by atoms with Gasteiger partial charge in [0.25, 0.3) is 0 Å². The van der Waals surface area contributed by atoms with Crippen molar-refractivity contribution in [2.24, 2.45) is 0 Å². The number of para-hydroxylation sites is 1. The summed E-state index contributed by atoms with van der Waals surface area (Å²) in [5, 5.41) is 5.35. The molecule has 100 valence electrons. The third-order valence-corrected chi connectivity index (χ3v) is 3.62. The zero-order valence-corrected chi connectivity index (χ0v) is 11.9. The third kappa shape index (κ3) is 2.38. The summed E-state index contributed by atoms with van der Waals surface area (Å²) in [5.41, 5.74) is 8.83. The van der Waals surface area contributed by atoms with Crippen molar-refractivity contribution >= 4 is 51.2 Å². The molecule has 1 heterocycles. The molecular weight excluding hydrogens is 293 g/mol. The molecule has 0 aliphatic heterocycles. The normalized spacial score (nSPS) is 10.7.